The van der Waals surface area contributed by atoms with E-state index >= 15 is 0 Å². The Labute approximate surface area is 95.5 Å². The van der Waals surface area contributed by atoms with Crippen molar-refractivity contribution in [2.75, 3.05) is 16.8 Å². The summed E-state index contributed by atoms with van der Waals surface area (Å²) in [4.78, 5) is 0. The van der Waals surface area contributed by atoms with E-state index in [0.29, 0.717) is 17.2 Å². The zero-order valence-electron chi connectivity index (χ0n) is 8.71. The summed E-state index contributed by atoms with van der Waals surface area (Å²) in [5, 5.41) is 3.02. The average Bonchev–Trinajstić information content (AvgIpc) is 2.25. The zero-order chi connectivity index (χ0) is 11.5. The predicted molar refractivity (Wildman–Crippen MR) is 60.9 cm³/mol. The molecular formula is C11H13F2NOS. The molecule has 1 aromatic carbocycles. The Hall–Kier alpha value is -0.970. The van der Waals surface area contributed by atoms with Crippen molar-refractivity contribution in [2.24, 2.45) is 0 Å². The van der Waals surface area contributed by atoms with E-state index in [1.165, 1.54) is 12.1 Å². The van der Waals surface area contributed by atoms with Gasteiger partial charge in [0.2, 0.25) is 0 Å². The highest BCUT2D eigenvalue weighted by Gasteiger charge is 2.18. The smallest absolute Gasteiger partial charge is 0.149 e. The van der Waals surface area contributed by atoms with E-state index in [1.54, 1.807) is 0 Å². The summed E-state index contributed by atoms with van der Waals surface area (Å²) in [6.07, 6.45) is 1.53. The molecule has 0 unspecified atom stereocenters. The first-order valence-electron chi connectivity index (χ1n) is 5.22. The van der Waals surface area contributed by atoms with Gasteiger partial charge in [-0.1, -0.05) is 0 Å². The molecule has 2 rings (SSSR count). The van der Waals surface area contributed by atoms with Gasteiger partial charge in [0.15, 0.2) is 0 Å². The van der Waals surface area contributed by atoms with Crippen LogP contribution in [0.25, 0.3) is 0 Å². The van der Waals surface area contributed by atoms with Gasteiger partial charge in [-0.15, -0.1) is 0 Å². The third-order valence-electron chi connectivity index (χ3n) is 2.68. The Balaban J connectivity index is 2.01. The Morgan fingerprint density at radius 2 is 1.94 bits per heavy atom. The predicted octanol–water partition coefficient (Wildman–Crippen LogP) is 2.29. The molecule has 0 atom stereocenters. The van der Waals surface area contributed by atoms with Crippen LogP contribution in [0, 0.1) is 11.6 Å². The quantitative estimate of drug-likeness (QED) is 0.866. The number of anilines is 1. The lowest BCUT2D eigenvalue weighted by Gasteiger charge is -2.23. The molecule has 0 saturated carbocycles. The second-order valence-corrected chi connectivity index (χ2v) is 5.59. The second-order valence-electron chi connectivity index (χ2n) is 3.89. The molecule has 0 bridgehead atoms. The normalized spacial score (nSPS) is 25.4. The van der Waals surface area contributed by atoms with Gasteiger partial charge in [-0.05, 0) is 25.0 Å². The lowest BCUT2D eigenvalue weighted by molar-refractivity contribution is 0.577. The minimum atomic E-state index is -0.722. The van der Waals surface area contributed by atoms with E-state index in [-0.39, 0.29) is 6.04 Å². The fourth-order valence-corrected chi connectivity index (χ4v) is 3.06. The molecule has 16 heavy (non-hydrogen) atoms. The first kappa shape index (κ1) is 11.5. The van der Waals surface area contributed by atoms with Crippen molar-refractivity contribution in [3.05, 3.63) is 29.8 Å². The molecule has 88 valence electrons. The Morgan fingerprint density at radius 3 is 2.56 bits per heavy atom. The second kappa shape index (κ2) is 4.91. The summed E-state index contributed by atoms with van der Waals surface area (Å²) in [7, 11) is -0.722. The molecule has 5 heteroatoms. The molecule has 0 aromatic heterocycles. The summed E-state index contributed by atoms with van der Waals surface area (Å²) in [5.41, 5.74) is 0.319. The molecule has 1 fully saturated rings. The molecule has 1 aliphatic rings. The van der Waals surface area contributed by atoms with Crippen molar-refractivity contribution in [1.29, 1.82) is 0 Å². The van der Waals surface area contributed by atoms with Crippen LogP contribution in [-0.2, 0) is 10.8 Å². The van der Waals surface area contributed by atoms with Crippen LogP contribution >= 0.6 is 0 Å². The average molecular weight is 245 g/mol. The van der Waals surface area contributed by atoms with Crippen LogP contribution in [0.15, 0.2) is 18.2 Å². The third-order valence-corrected chi connectivity index (χ3v) is 4.06. The first-order chi connectivity index (χ1) is 7.65. The van der Waals surface area contributed by atoms with Gasteiger partial charge in [-0.3, -0.25) is 4.21 Å². The molecular weight excluding hydrogens is 232 g/mol. The number of rotatable bonds is 2. The summed E-state index contributed by atoms with van der Waals surface area (Å²) >= 11 is 0. The molecule has 2 nitrogen and oxygen atoms in total. The molecule has 1 aliphatic heterocycles. The van der Waals surface area contributed by atoms with Gasteiger partial charge in [0.25, 0.3) is 0 Å². The van der Waals surface area contributed by atoms with Crippen LogP contribution in [0.4, 0.5) is 14.5 Å². The van der Waals surface area contributed by atoms with E-state index in [0.717, 1.165) is 18.9 Å². The van der Waals surface area contributed by atoms with Gasteiger partial charge < -0.3 is 5.32 Å². The van der Waals surface area contributed by atoms with Gasteiger partial charge in [-0.25, -0.2) is 8.78 Å². The van der Waals surface area contributed by atoms with Gasteiger partial charge in [0.1, 0.15) is 11.6 Å². The van der Waals surface area contributed by atoms with Crippen molar-refractivity contribution in [3.8, 4) is 0 Å². The maximum Gasteiger partial charge on any atom is 0.149 e. The zero-order valence-corrected chi connectivity index (χ0v) is 9.53. The van der Waals surface area contributed by atoms with Crippen molar-refractivity contribution in [2.45, 2.75) is 18.9 Å². The fraction of sp³-hybridized carbons (Fsp3) is 0.455. The van der Waals surface area contributed by atoms with Crippen LogP contribution in [0.1, 0.15) is 12.8 Å². The number of hydrogen-bond acceptors (Lipinski definition) is 2. The number of halogens is 2. The molecule has 0 aliphatic carbocycles. The van der Waals surface area contributed by atoms with E-state index in [4.69, 9.17) is 0 Å². The molecule has 1 heterocycles. The Kier molecular flexibility index (Phi) is 3.53. The van der Waals surface area contributed by atoms with Crippen LogP contribution in [-0.4, -0.2) is 21.8 Å². The van der Waals surface area contributed by atoms with Crippen LogP contribution < -0.4 is 5.32 Å². The maximum absolute atomic E-state index is 13.3. The standard InChI is InChI=1S/C11H13F2NOS/c12-8-1-2-11(10(13)7-8)14-9-3-5-16(15)6-4-9/h1-2,7,9,14H,3-6H2. The van der Waals surface area contributed by atoms with Gasteiger partial charge in [0.05, 0.1) is 5.69 Å². The Bertz CT molecular complexity index is 401. The molecule has 0 radical (unpaired) electrons. The topological polar surface area (TPSA) is 29.1 Å². The van der Waals surface area contributed by atoms with E-state index in [9.17, 15) is 13.0 Å². The van der Waals surface area contributed by atoms with Crippen molar-refractivity contribution >= 4 is 16.5 Å². The lowest BCUT2D eigenvalue weighted by atomic mass is 10.1. The first-order valence-corrected chi connectivity index (χ1v) is 6.70. The highest BCUT2D eigenvalue weighted by molar-refractivity contribution is 7.85. The third kappa shape index (κ3) is 2.78. The van der Waals surface area contributed by atoms with Crippen molar-refractivity contribution in [1.82, 2.24) is 0 Å². The number of benzene rings is 1. The molecule has 1 saturated heterocycles. The van der Waals surface area contributed by atoms with E-state index < -0.39 is 22.4 Å². The monoisotopic (exact) mass is 245 g/mol. The largest absolute Gasteiger partial charge is 0.380 e. The highest BCUT2D eigenvalue weighted by atomic mass is 32.2. The van der Waals surface area contributed by atoms with Crippen molar-refractivity contribution < 1.29 is 13.0 Å². The lowest BCUT2D eigenvalue weighted by Crippen LogP contribution is -2.29. The fourth-order valence-electron chi connectivity index (χ4n) is 1.76. The van der Waals surface area contributed by atoms with Gasteiger partial charge in [0, 0.05) is 34.4 Å². The highest BCUT2D eigenvalue weighted by Crippen LogP contribution is 2.19. The molecule has 1 aromatic rings. The molecule has 0 spiro atoms. The minimum absolute atomic E-state index is 0.137. The van der Waals surface area contributed by atoms with Crippen LogP contribution in [0.2, 0.25) is 0 Å². The minimum Gasteiger partial charge on any atom is -0.380 e. The summed E-state index contributed by atoms with van der Waals surface area (Å²) in [6, 6.07) is 3.63. The molecule has 0 amide bonds. The van der Waals surface area contributed by atoms with Crippen molar-refractivity contribution in [3.63, 3.8) is 0 Å². The Morgan fingerprint density at radius 1 is 1.25 bits per heavy atom. The molecule has 1 N–H and O–H groups in total. The summed E-state index contributed by atoms with van der Waals surface area (Å²) in [6.45, 7) is 0. The van der Waals surface area contributed by atoms with E-state index in [1.807, 2.05) is 0 Å². The summed E-state index contributed by atoms with van der Waals surface area (Å²) < 4.78 is 37.1. The number of hydrogen-bond donors (Lipinski definition) is 1. The maximum atomic E-state index is 13.3. The summed E-state index contributed by atoms with van der Waals surface area (Å²) in [5.74, 6) is 0.153. The van der Waals surface area contributed by atoms with E-state index in [2.05, 4.69) is 5.32 Å². The van der Waals surface area contributed by atoms with Gasteiger partial charge in [-0.2, -0.15) is 0 Å². The SMILES string of the molecule is O=S1CCC(Nc2ccc(F)cc2F)CC1. The van der Waals surface area contributed by atoms with Crippen LogP contribution in [0.5, 0.6) is 0 Å². The number of nitrogens with one attached hydrogen (secondary N) is 1. The van der Waals surface area contributed by atoms with Crippen LogP contribution in [0.3, 0.4) is 0 Å². The van der Waals surface area contributed by atoms with Gasteiger partial charge >= 0.3 is 0 Å².